The van der Waals surface area contributed by atoms with E-state index >= 15 is 0 Å². The summed E-state index contributed by atoms with van der Waals surface area (Å²) in [4.78, 5) is 8.31. The Kier molecular flexibility index (Phi) is 5.23. The van der Waals surface area contributed by atoms with Crippen LogP contribution in [0.3, 0.4) is 0 Å². The van der Waals surface area contributed by atoms with Gasteiger partial charge >= 0.3 is 0 Å². The second kappa shape index (κ2) is 8.00. The monoisotopic (exact) mass is 471 g/mol. The van der Waals surface area contributed by atoms with Gasteiger partial charge in [0.2, 0.25) is 0 Å². The molecule has 1 aromatic heterocycles. The van der Waals surface area contributed by atoms with Crippen LogP contribution in [-0.4, -0.2) is 45.3 Å². The number of pyridine rings is 1. The van der Waals surface area contributed by atoms with Gasteiger partial charge in [0, 0.05) is 23.9 Å². The first-order chi connectivity index (χ1) is 15.5. The molecule has 6 rings (SSSR count). The summed E-state index contributed by atoms with van der Waals surface area (Å²) >= 11 is 6.07. The molecule has 2 unspecified atom stereocenters. The van der Waals surface area contributed by atoms with Crippen LogP contribution in [0.4, 0.5) is 11.6 Å². The third-order valence-corrected chi connectivity index (χ3v) is 9.97. The summed E-state index contributed by atoms with van der Waals surface area (Å²) in [6.45, 7) is 2.17. The lowest BCUT2D eigenvalue weighted by molar-refractivity contribution is 0.143. The quantitative estimate of drug-likeness (QED) is 0.678. The van der Waals surface area contributed by atoms with Crippen molar-refractivity contribution in [2.75, 3.05) is 35.7 Å². The van der Waals surface area contributed by atoms with Gasteiger partial charge in [0.25, 0.3) is 0 Å². The Labute approximate surface area is 197 Å². The number of rotatable bonds is 5. The molecule has 170 valence electrons. The van der Waals surface area contributed by atoms with Gasteiger partial charge in [-0.3, -0.25) is 4.21 Å². The molecule has 3 fully saturated rings. The number of aliphatic hydroxyl groups is 1. The van der Waals surface area contributed by atoms with E-state index in [1.165, 1.54) is 24.0 Å². The van der Waals surface area contributed by atoms with E-state index < -0.39 is 10.8 Å². The SMILES string of the molecule is O=[S@]1CCc2cc(N3CC4CC(c5ccc(Cl)cc5)CC4C3)nc(NC3(CO)CCC3)c21. The van der Waals surface area contributed by atoms with Gasteiger partial charge in [-0.25, -0.2) is 4.98 Å². The number of nitrogens with zero attached hydrogens (tertiary/aromatic N) is 2. The summed E-state index contributed by atoms with van der Waals surface area (Å²) in [5, 5.41) is 14.3. The number of fused-ring (bicyclic) bond motifs is 2. The summed E-state index contributed by atoms with van der Waals surface area (Å²) < 4.78 is 12.7. The molecule has 3 atom stereocenters. The molecule has 0 radical (unpaired) electrons. The molecule has 32 heavy (non-hydrogen) atoms. The maximum absolute atomic E-state index is 12.7. The fraction of sp³-hybridized carbons (Fsp3) is 0.560. The molecule has 2 N–H and O–H groups in total. The Morgan fingerprint density at radius 2 is 1.91 bits per heavy atom. The van der Waals surface area contributed by atoms with Gasteiger partial charge < -0.3 is 15.3 Å². The first-order valence-electron chi connectivity index (χ1n) is 11.9. The van der Waals surface area contributed by atoms with Crippen LogP contribution in [0, 0.1) is 11.8 Å². The molecule has 0 bridgehead atoms. The molecule has 0 spiro atoms. The standard InChI is InChI=1S/C25H30ClN3O2S/c26-21-4-2-16(3-5-21)18-10-19-13-29(14-20(19)11-18)22-12-17-6-9-32(31)23(17)24(27-22)28-25(15-30)7-1-8-25/h2-5,12,18-20,30H,1,6-11,13-15H2,(H,27,28)/t18?,19?,20?,32-/m0/s1. The van der Waals surface area contributed by atoms with Crippen LogP contribution < -0.4 is 10.2 Å². The molecule has 1 saturated heterocycles. The average Bonchev–Trinajstić information content (AvgIpc) is 3.44. The highest BCUT2D eigenvalue weighted by molar-refractivity contribution is 7.85. The minimum atomic E-state index is -1.00. The molecule has 2 aliphatic carbocycles. The summed E-state index contributed by atoms with van der Waals surface area (Å²) in [6, 6.07) is 10.6. The summed E-state index contributed by atoms with van der Waals surface area (Å²) in [7, 11) is -1.00. The molecule has 1 aromatic carbocycles. The number of hydrogen-bond acceptors (Lipinski definition) is 5. The maximum Gasteiger partial charge on any atom is 0.145 e. The smallest absolute Gasteiger partial charge is 0.145 e. The van der Waals surface area contributed by atoms with Gasteiger partial charge in [-0.05, 0) is 85.6 Å². The van der Waals surface area contributed by atoms with Crippen molar-refractivity contribution in [3.8, 4) is 0 Å². The molecular weight excluding hydrogens is 442 g/mol. The van der Waals surface area contributed by atoms with Crippen molar-refractivity contribution < 1.29 is 9.32 Å². The number of aryl methyl sites for hydroxylation is 1. The number of aliphatic hydroxyl groups excluding tert-OH is 1. The first-order valence-corrected chi connectivity index (χ1v) is 13.5. The zero-order valence-corrected chi connectivity index (χ0v) is 19.8. The number of nitrogens with one attached hydrogen (secondary N) is 1. The highest BCUT2D eigenvalue weighted by Crippen LogP contribution is 2.48. The van der Waals surface area contributed by atoms with Crippen molar-refractivity contribution in [2.45, 2.75) is 54.9 Å². The van der Waals surface area contributed by atoms with Crippen molar-refractivity contribution in [1.82, 2.24) is 4.98 Å². The molecule has 2 saturated carbocycles. The molecule has 2 aromatic rings. The third kappa shape index (κ3) is 3.55. The topological polar surface area (TPSA) is 65.5 Å². The van der Waals surface area contributed by atoms with Crippen molar-refractivity contribution >= 4 is 34.0 Å². The average molecular weight is 472 g/mol. The van der Waals surface area contributed by atoms with Crippen molar-refractivity contribution in [3.63, 3.8) is 0 Å². The van der Waals surface area contributed by atoms with E-state index in [1.54, 1.807) is 0 Å². The predicted octanol–water partition coefficient (Wildman–Crippen LogP) is 4.36. The van der Waals surface area contributed by atoms with Crippen LogP contribution in [0.25, 0.3) is 0 Å². The fourth-order valence-corrected chi connectivity index (χ4v) is 7.73. The van der Waals surface area contributed by atoms with E-state index in [2.05, 4.69) is 28.4 Å². The Bertz CT molecular complexity index is 1040. The van der Waals surface area contributed by atoms with Gasteiger partial charge in [-0.1, -0.05) is 23.7 Å². The van der Waals surface area contributed by atoms with E-state index in [0.717, 1.165) is 60.3 Å². The Morgan fingerprint density at radius 1 is 1.19 bits per heavy atom. The van der Waals surface area contributed by atoms with Crippen LogP contribution in [0.1, 0.15) is 49.1 Å². The lowest BCUT2D eigenvalue weighted by Crippen LogP contribution is -2.48. The fourth-order valence-electron chi connectivity index (χ4n) is 6.23. The minimum absolute atomic E-state index is 0.0975. The lowest BCUT2D eigenvalue weighted by atomic mass is 9.77. The Hall–Kier alpha value is -1.63. The van der Waals surface area contributed by atoms with Crippen molar-refractivity contribution in [1.29, 1.82) is 0 Å². The van der Waals surface area contributed by atoms with Crippen LogP contribution >= 0.6 is 11.6 Å². The summed E-state index contributed by atoms with van der Waals surface area (Å²) in [6.07, 6.45) is 6.28. The zero-order valence-electron chi connectivity index (χ0n) is 18.2. The van der Waals surface area contributed by atoms with Crippen LogP contribution in [0.5, 0.6) is 0 Å². The Morgan fingerprint density at radius 3 is 2.53 bits per heavy atom. The number of hydrogen-bond donors (Lipinski definition) is 2. The second-order valence-electron chi connectivity index (χ2n) is 10.2. The van der Waals surface area contributed by atoms with Gasteiger partial charge in [0.05, 0.1) is 27.8 Å². The molecular formula is C25H30ClN3O2S. The van der Waals surface area contributed by atoms with Crippen LogP contribution in [-0.2, 0) is 17.2 Å². The van der Waals surface area contributed by atoms with Crippen molar-refractivity contribution in [3.05, 3.63) is 46.5 Å². The number of halogens is 1. The maximum atomic E-state index is 12.7. The van der Waals surface area contributed by atoms with Gasteiger partial charge in [0.15, 0.2) is 0 Å². The van der Waals surface area contributed by atoms with Crippen LogP contribution in [0.15, 0.2) is 35.2 Å². The summed E-state index contributed by atoms with van der Waals surface area (Å²) in [5.74, 6) is 4.43. The van der Waals surface area contributed by atoms with E-state index in [0.29, 0.717) is 23.5 Å². The largest absolute Gasteiger partial charge is 0.394 e. The van der Waals surface area contributed by atoms with Crippen LogP contribution in [0.2, 0.25) is 5.02 Å². The second-order valence-corrected chi connectivity index (χ2v) is 12.1. The Balaban J connectivity index is 1.22. The van der Waals surface area contributed by atoms with Gasteiger partial charge in [0.1, 0.15) is 11.6 Å². The minimum Gasteiger partial charge on any atom is -0.394 e. The normalized spacial score (nSPS) is 30.1. The molecule has 2 aliphatic heterocycles. The zero-order chi connectivity index (χ0) is 21.9. The third-order valence-electron chi connectivity index (χ3n) is 8.23. The van der Waals surface area contributed by atoms with E-state index in [1.807, 2.05) is 12.1 Å². The van der Waals surface area contributed by atoms with Gasteiger partial charge in [-0.15, -0.1) is 0 Å². The highest BCUT2D eigenvalue weighted by atomic mass is 35.5. The number of benzene rings is 1. The molecule has 4 aliphatic rings. The molecule has 0 amide bonds. The van der Waals surface area contributed by atoms with Gasteiger partial charge in [-0.2, -0.15) is 0 Å². The molecule has 5 nitrogen and oxygen atoms in total. The predicted molar refractivity (Wildman–Crippen MR) is 129 cm³/mol. The van der Waals surface area contributed by atoms with E-state index in [9.17, 15) is 9.32 Å². The summed E-state index contributed by atoms with van der Waals surface area (Å²) in [5.41, 5.74) is 2.29. The first kappa shape index (κ1) is 20.9. The number of aromatic nitrogens is 1. The highest BCUT2D eigenvalue weighted by Gasteiger charge is 2.43. The molecule has 3 heterocycles. The van der Waals surface area contributed by atoms with E-state index in [-0.39, 0.29) is 12.1 Å². The molecule has 7 heteroatoms. The number of anilines is 2. The lowest BCUT2D eigenvalue weighted by Gasteiger charge is -2.41. The van der Waals surface area contributed by atoms with Crippen molar-refractivity contribution in [2.24, 2.45) is 11.8 Å². The van der Waals surface area contributed by atoms with E-state index in [4.69, 9.17) is 16.6 Å².